The molecule has 0 aliphatic rings. The number of ether oxygens (including phenoxy) is 1. The maximum absolute atomic E-state index is 11.1. The van der Waals surface area contributed by atoms with Crippen LogP contribution >= 0.6 is 0 Å². The molecule has 0 aromatic heterocycles. The molecule has 0 aliphatic heterocycles. The van der Waals surface area contributed by atoms with E-state index in [0.29, 0.717) is 5.78 Å². The highest BCUT2D eigenvalue weighted by Crippen LogP contribution is 2.15. The molecule has 0 aromatic carbocycles. The molecule has 0 rings (SSSR count). The van der Waals surface area contributed by atoms with Gasteiger partial charge in [0.05, 0.1) is 0 Å². The number of hydrogen-bond acceptors (Lipinski definition) is 3. The number of esters is 1. The first-order valence-electron chi connectivity index (χ1n) is 9.23. The molecule has 0 N–H and O–H groups in total. The van der Waals surface area contributed by atoms with E-state index in [9.17, 15) is 9.59 Å². The van der Waals surface area contributed by atoms with Crippen LogP contribution in [-0.2, 0) is 14.3 Å². The molecular formula is C19H36O3. The number of unbranched alkanes of at least 4 members (excludes halogenated alkanes) is 8. The number of hydrogen-bond donors (Lipinski definition) is 0. The predicted octanol–water partition coefficient (Wildman–Crippen LogP) is 5.60. The first-order valence-corrected chi connectivity index (χ1v) is 9.23. The van der Waals surface area contributed by atoms with Crippen molar-refractivity contribution in [3.8, 4) is 0 Å². The summed E-state index contributed by atoms with van der Waals surface area (Å²) in [6.07, 6.45) is 14.9. The van der Waals surface area contributed by atoms with Crippen LogP contribution in [0.1, 0.15) is 104 Å². The molecule has 0 spiro atoms. The summed E-state index contributed by atoms with van der Waals surface area (Å²) in [5.41, 5.74) is 0. The molecule has 0 bridgehead atoms. The van der Waals surface area contributed by atoms with Crippen LogP contribution in [0, 0.1) is 0 Å². The lowest BCUT2D eigenvalue weighted by atomic mass is 10.0. The number of rotatable bonds is 15. The topological polar surface area (TPSA) is 43.4 Å². The van der Waals surface area contributed by atoms with E-state index in [1.54, 1.807) is 6.92 Å². The fourth-order valence-corrected chi connectivity index (χ4v) is 2.74. The quantitative estimate of drug-likeness (QED) is 0.292. The first-order chi connectivity index (χ1) is 10.6. The zero-order valence-corrected chi connectivity index (χ0v) is 15.0. The molecule has 0 saturated carbocycles. The second-order valence-electron chi connectivity index (χ2n) is 6.44. The van der Waals surface area contributed by atoms with Crippen molar-refractivity contribution in [3.05, 3.63) is 0 Å². The van der Waals surface area contributed by atoms with Gasteiger partial charge < -0.3 is 9.53 Å². The molecule has 1 atom stereocenters. The third kappa shape index (κ3) is 15.5. The third-order valence-electron chi connectivity index (χ3n) is 4.02. The van der Waals surface area contributed by atoms with Gasteiger partial charge in [-0.15, -0.1) is 0 Å². The maximum atomic E-state index is 11.1. The normalized spacial score (nSPS) is 12.1. The number of carbonyl (C=O) groups excluding carboxylic acids is 2. The Hall–Kier alpha value is -0.860. The van der Waals surface area contributed by atoms with E-state index in [0.717, 1.165) is 44.9 Å². The van der Waals surface area contributed by atoms with Gasteiger partial charge in [0, 0.05) is 13.3 Å². The van der Waals surface area contributed by atoms with Crippen molar-refractivity contribution in [1.29, 1.82) is 0 Å². The van der Waals surface area contributed by atoms with Gasteiger partial charge in [0.15, 0.2) is 0 Å². The van der Waals surface area contributed by atoms with Crippen molar-refractivity contribution >= 4 is 11.8 Å². The van der Waals surface area contributed by atoms with E-state index < -0.39 is 0 Å². The molecule has 1 unspecified atom stereocenters. The average molecular weight is 312 g/mol. The highest BCUT2D eigenvalue weighted by Gasteiger charge is 2.10. The minimum absolute atomic E-state index is 0.129. The summed E-state index contributed by atoms with van der Waals surface area (Å²) < 4.78 is 5.38. The summed E-state index contributed by atoms with van der Waals surface area (Å²) in [5, 5.41) is 0. The van der Waals surface area contributed by atoms with Crippen LogP contribution in [0.4, 0.5) is 0 Å². The summed E-state index contributed by atoms with van der Waals surface area (Å²) in [7, 11) is 0. The van der Waals surface area contributed by atoms with Gasteiger partial charge in [-0.05, 0) is 32.6 Å². The largest absolute Gasteiger partial charge is 0.463 e. The monoisotopic (exact) mass is 312 g/mol. The van der Waals surface area contributed by atoms with Crippen LogP contribution in [0.25, 0.3) is 0 Å². The predicted molar refractivity (Wildman–Crippen MR) is 91.9 cm³/mol. The van der Waals surface area contributed by atoms with Crippen molar-refractivity contribution in [2.45, 2.75) is 110 Å². The number of carbonyl (C=O) groups is 2. The highest BCUT2D eigenvalue weighted by atomic mass is 16.5. The molecule has 3 heteroatoms. The molecule has 0 amide bonds. The fraction of sp³-hybridized carbons (Fsp3) is 0.895. The minimum Gasteiger partial charge on any atom is -0.463 e. The molecule has 3 nitrogen and oxygen atoms in total. The second-order valence-corrected chi connectivity index (χ2v) is 6.44. The molecular weight excluding hydrogens is 276 g/mol. The number of Topliss-reactive ketones (excluding diaryl/α,β-unsaturated/α-hetero) is 1. The van der Waals surface area contributed by atoms with Crippen molar-refractivity contribution in [1.82, 2.24) is 0 Å². The van der Waals surface area contributed by atoms with Crippen LogP contribution in [0.3, 0.4) is 0 Å². The molecule has 0 aromatic rings. The molecule has 0 aliphatic carbocycles. The lowest BCUT2D eigenvalue weighted by Crippen LogP contribution is -2.16. The van der Waals surface area contributed by atoms with Crippen molar-refractivity contribution < 1.29 is 14.3 Å². The fourth-order valence-electron chi connectivity index (χ4n) is 2.74. The Kier molecular flexibility index (Phi) is 14.5. The second kappa shape index (κ2) is 15.1. The summed E-state index contributed by atoms with van der Waals surface area (Å²) >= 11 is 0. The van der Waals surface area contributed by atoms with Gasteiger partial charge in [0.25, 0.3) is 0 Å². The summed E-state index contributed by atoms with van der Waals surface area (Å²) in [6, 6.07) is 0. The Balaban J connectivity index is 3.44. The van der Waals surface area contributed by atoms with Crippen LogP contribution in [0.2, 0.25) is 0 Å². The van der Waals surface area contributed by atoms with E-state index >= 15 is 0 Å². The van der Waals surface area contributed by atoms with Crippen LogP contribution < -0.4 is 0 Å². The molecule has 0 heterocycles. The Bertz CT molecular complexity index is 286. The van der Waals surface area contributed by atoms with E-state index in [-0.39, 0.29) is 12.1 Å². The van der Waals surface area contributed by atoms with Gasteiger partial charge in [0.2, 0.25) is 0 Å². The standard InChI is InChI=1S/C19H36O3/c1-4-5-15-19(22-18(3)21)16-13-11-9-7-6-8-10-12-14-17(2)20/h19H,4-16H2,1-3H3. The van der Waals surface area contributed by atoms with Crippen LogP contribution in [0.15, 0.2) is 0 Å². The average Bonchev–Trinajstić information content (AvgIpc) is 2.45. The molecule has 130 valence electrons. The zero-order chi connectivity index (χ0) is 16.6. The van der Waals surface area contributed by atoms with E-state index in [1.807, 2.05) is 0 Å². The Morgan fingerprint density at radius 3 is 1.77 bits per heavy atom. The third-order valence-corrected chi connectivity index (χ3v) is 4.02. The zero-order valence-electron chi connectivity index (χ0n) is 15.0. The summed E-state index contributed by atoms with van der Waals surface area (Å²) in [5.74, 6) is 0.164. The molecule has 0 fully saturated rings. The Morgan fingerprint density at radius 2 is 1.27 bits per heavy atom. The SMILES string of the molecule is CCCCC(CCCCCCCCCCC(C)=O)OC(C)=O. The first kappa shape index (κ1) is 21.1. The minimum atomic E-state index is -0.147. The van der Waals surface area contributed by atoms with Gasteiger partial charge in [-0.3, -0.25) is 4.79 Å². The number of ketones is 1. The lowest BCUT2D eigenvalue weighted by molar-refractivity contribution is -0.147. The van der Waals surface area contributed by atoms with Gasteiger partial charge in [-0.2, -0.15) is 0 Å². The summed E-state index contributed by atoms with van der Waals surface area (Å²) in [4.78, 5) is 21.9. The maximum Gasteiger partial charge on any atom is 0.302 e. The molecule has 0 radical (unpaired) electrons. The van der Waals surface area contributed by atoms with Crippen LogP contribution in [-0.4, -0.2) is 17.9 Å². The van der Waals surface area contributed by atoms with E-state index in [4.69, 9.17) is 4.74 Å². The van der Waals surface area contributed by atoms with Gasteiger partial charge in [-0.1, -0.05) is 58.3 Å². The van der Waals surface area contributed by atoms with Gasteiger partial charge in [-0.25, -0.2) is 0 Å². The van der Waals surface area contributed by atoms with Crippen LogP contribution in [0.5, 0.6) is 0 Å². The summed E-state index contributed by atoms with van der Waals surface area (Å²) in [6.45, 7) is 5.34. The van der Waals surface area contributed by atoms with Gasteiger partial charge in [0.1, 0.15) is 11.9 Å². The Morgan fingerprint density at radius 1 is 0.773 bits per heavy atom. The molecule has 0 saturated heterocycles. The highest BCUT2D eigenvalue weighted by molar-refractivity contribution is 5.75. The van der Waals surface area contributed by atoms with Crippen molar-refractivity contribution in [2.75, 3.05) is 0 Å². The molecule has 22 heavy (non-hydrogen) atoms. The Labute approximate surface area is 137 Å². The van der Waals surface area contributed by atoms with E-state index in [2.05, 4.69) is 6.92 Å². The van der Waals surface area contributed by atoms with E-state index in [1.165, 1.54) is 45.4 Å². The lowest BCUT2D eigenvalue weighted by Gasteiger charge is -2.16. The van der Waals surface area contributed by atoms with Crippen molar-refractivity contribution in [2.24, 2.45) is 0 Å². The van der Waals surface area contributed by atoms with Gasteiger partial charge >= 0.3 is 5.97 Å². The van der Waals surface area contributed by atoms with Crippen molar-refractivity contribution in [3.63, 3.8) is 0 Å². The smallest absolute Gasteiger partial charge is 0.302 e.